The van der Waals surface area contributed by atoms with Gasteiger partial charge >= 0.3 is 0 Å². The van der Waals surface area contributed by atoms with E-state index in [2.05, 4.69) is 35.3 Å². The molecule has 4 aromatic rings. The molecule has 10 nitrogen and oxygen atoms in total. The number of rotatable bonds is 6. The van der Waals surface area contributed by atoms with Crippen molar-refractivity contribution in [1.82, 2.24) is 30.0 Å². The van der Waals surface area contributed by atoms with E-state index in [0.717, 1.165) is 16.5 Å². The van der Waals surface area contributed by atoms with Gasteiger partial charge in [0, 0.05) is 61.3 Å². The Hall–Kier alpha value is -4.38. The minimum absolute atomic E-state index is 0.0457. The van der Waals surface area contributed by atoms with Crippen LogP contribution >= 0.6 is 0 Å². The summed E-state index contributed by atoms with van der Waals surface area (Å²) in [4.78, 5) is 41.0. The zero-order valence-electron chi connectivity index (χ0n) is 22.3. The van der Waals surface area contributed by atoms with Crippen molar-refractivity contribution in [3.8, 4) is 11.3 Å². The van der Waals surface area contributed by atoms with Gasteiger partial charge in [0.15, 0.2) is 0 Å². The molecule has 0 radical (unpaired) electrons. The van der Waals surface area contributed by atoms with E-state index in [4.69, 9.17) is 0 Å². The van der Waals surface area contributed by atoms with Crippen molar-refractivity contribution in [2.75, 3.05) is 49.5 Å². The standard InChI is InChI=1S/C29H31FN8O2/c1-19-16-37(29-31-10-2-11-32-29)13-14-38(19)26(39)18-36-12-9-21(17-36)28(40)33-23-7-8-25-24(15-23)27(35-34-25)20-3-5-22(30)6-4-20/h2-8,10-11,15,19,21H,9,12-14,16-18H2,1H3,(H,33,40)(H,34,35)/t19-,21+/m0/s1. The van der Waals surface area contributed by atoms with Crippen molar-refractivity contribution in [1.29, 1.82) is 0 Å². The summed E-state index contributed by atoms with van der Waals surface area (Å²) in [5, 5.41) is 11.3. The van der Waals surface area contributed by atoms with E-state index < -0.39 is 0 Å². The SMILES string of the molecule is C[C@H]1CN(c2ncccn2)CCN1C(=O)CN1CC[C@@H](C(=O)Nc2ccc3[nH]nc(-c4ccc(F)cc4)c3c2)C1. The van der Waals surface area contributed by atoms with Crippen LogP contribution in [0.5, 0.6) is 0 Å². The highest BCUT2D eigenvalue weighted by Crippen LogP contribution is 2.29. The molecule has 0 bridgehead atoms. The average Bonchev–Trinajstić information content (AvgIpc) is 3.61. The second-order valence-electron chi connectivity index (χ2n) is 10.5. The van der Waals surface area contributed by atoms with Gasteiger partial charge in [-0.3, -0.25) is 19.6 Å². The third-order valence-corrected chi connectivity index (χ3v) is 7.73. The molecule has 2 N–H and O–H groups in total. The van der Waals surface area contributed by atoms with E-state index in [0.29, 0.717) is 63.0 Å². The maximum Gasteiger partial charge on any atom is 0.237 e. The number of piperazine rings is 1. The molecule has 2 aliphatic heterocycles. The number of likely N-dealkylation sites (tertiary alicyclic amines) is 1. The number of carbonyl (C=O) groups is 2. The number of hydrogen-bond donors (Lipinski definition) is 2. The fourth-order valence-electron chi connectivity index (χ4n) is 5.60. The van der Waals surface area contributed by atoms with E-state index in [9.17, 15) is 14.0 Å². The van der Waals surface area contributed by atoms with Crippen LogP contribution in [0.2, 0.25) is 0 Å². The number of nitrogens with one attached hydrogen (secondary N) is 2. The fourth-order valence-corrected chi connectivity index (χ4v) is 5.60. The van der Waals surface area contributed by atoms with Crippen LogP contribution in [0.3, 0.4) is 0 Å². The minimum Gasteiger partial charge on any atom is -0.337 e. The van der Waals surface area contributed by atoms with Crippen LogP contribution in [0.15, 0.2) is 60.9 Å². The number of amides is 2. The first-order chi connectivity index (χ1) is 19.4. The molecule has 11 heteroatoms. The molecule has 206 valence electrons. The predicted molar refractivity (Wildman–Crippen MR) is 150 cm³/mol. The molecule has 6 rings (SSSR count). The predicted octanol–water partition coefficient (Wildman–Crippen LogP) is 3.16. The van der Waals surface area contributed by atoms with Gasteiger partial charge in [0.1, 0.15) is 5.82 Å². The largest absolute Gasteiger partial charge is 0.337 e. The lowest BCUT2D eigenvalue weighted by atomic mass is 10.1. The van der Waals surface area contributed by atoms with Crippen molar-refractivity contribution in [3.05, 3.63) is 66.7 Å². The summed E-state index contributed by atoms with van der Waals surface area (Å²) in [6.45, 7) is 5.58. The lowest BCUT2D eigenvalue weighted by Crippen LogP contribution is -2.56. The summed E-state index contributed by atoms with van der Waals surface area (Å²) >= 11 is 0. The number of fused-ring (bicyclic) bond motifs is 1. The Morgan fingerprint density at radius 3 is 2.62 bits per heavy atom. The molecule has 2 amide bonds. The topological polar surface area (TPSA) is 110 Å². The van der Waals surface area contributed by atoms with Crippen LogP contribution in [0.1, 0.15) is 13.3 Å². The number of nitrogens with zero attached hydrogens (tertiary/aromatic N) is 6. The smallest absolute Gasteiger partial charge is 0.237 e. The van der Waals surface area contributed by atoms with E-state index in [1.807, 2.05) is 30.0 Å². The summed E-state index contributed by atoms with van der Waals surface area (Å²) in [6, 6.07) is 13.6. The number of aromatic nitrogens is 4. The molecule has 4 heterocycles. The number of benzene rings is 2. The van der Waals surface area contributed by atoms with E-state index in [1.165, 1.54) is 12.1 Å². The first kappa shape index (κ1) is 25.9. The van der Waals surface area contributed by atoms with Gasteiger partial charge in [0.25, 0.3) is 0 Å². The third kappa shape index (κ3) is 5.37. The molecular weight excluding hydrogens is 511 g/mol. The monoisotopic (exact) mass is 542 g/mol. The Morgan fingerprint density at radius 2 is 1.85 bits per heavy atom. The number of H-pyrrole nitrogens is 1. The lowest BCUT2D eigenvalue weighted by molar-refractivity contribution is -0.134. The molecule has 2 atom stereocenters. The first-order valence-corrected chi connectivity index (χ1v) is 13.5. The quantitative estimate of drug-likeness (QED) is 0.385. The first-order valence-electron chi connectivity index (χ1n) is 13.5. The highest BCUT2D eigenvalue weighted by Gasteiger charge is 2.33. The van der Waals surface area contributed by atoms with Gasteiger partial charge in [-0.25, -0.2) is 14.4 Å². The van der Waals surface area contributed by atoms with E-state index in [1.54, 1.807) is 30.6 Å². The molecule has 0 saturated carbocycles. The summed E-state index contributed by atoms with van der Waals surface area (Å²) in [7, 11) is 0. The highest BCUT2D eigenvalue weighted by atomic mass is 19.1. The summed E-state index contributed by atoms with van der Waals surface area (Å²) in [6.07, 6.45) is 4.15. The van der Waals surface area contributed by atoms with Gasteiger partial charge in [-0.2, -0.15) is 5.10 Å². The lowest BCUT2D eigenvalue weighted by Gasteiger charge is -2.40. The van der Waals surface area contributed by atoms with Gasteiger partial charge in [-0.05, 0) is 68.4 Å². The molecule has 2 fully saturated rings. The van der Waals surface area contributed by atoms with Gasteiger partial charge < -0.3 is 15.1 Å². The Bertz CT molecular complexity index is 1510. The molecule has 2 aliphatic rings. The Balaban J connectivity index is 1.04. The second-order valence-corrected chi connectivity index (χ2v) is 10.5. The van der Waals surface area contributed by atoms with Crippen LogP contribution in [0.25, 0.3) is 22.2 Å². The van der Waals surface area contributed by atoms with Crippen LogP contribution in [-0.2, 0) is 9.59 Å². The maximum absolute atomic E-state index is 13.4. The Morgan fingerprint density at radius 1 is 1.05 bits per heavy atom. The van der Waals surface area contributed by atoms with Gasteiger partial charge in [-0.1, -0.05) is 0 Å². The molecular formula is C29H31FN8O2. The number of carbonyl (C=O) groups excluding carboxylic acids is 2. The second kappa shape index (κ2) is 11.0. The molecule has 2 saturated heterocycles. The molecule has 0 spiro atoms. The Labute approximate surface area is 231 Å². The molecule has 40 heavy (non-hydrogen) atoms. The van der Waals surface area contributed by atoms with Crippen molar-refractivity contribution in [3.63, 3.8) is 0 Å². The van der Waals surface area contributed by atoms with E-state index in [-0.39, 0.29) is 29.6 Å². The number of hydrogen-bond acceptors (Lipinski definition) is 7. The maximum atomic E-state index is 13.4. The summed E-state index contributed by atoms with van der Waals surface area (Å²) < 4.78 is 13.4. The number of anilines is 2. The van der Waals surface area contributed by atoms with Gasteiger partial charge in [0.05, 0.1) is 23.7 Å². The molecule has 0 aliphatic carbocycles. The van der Waals surface area contributed by atoms with Crippen molar-refractivity contribution >= 4 is 34.4 Å². The Kier molecular flexibility index (Phi) is 7.12. The number of aromatic amines is 1. The zero-order valence-corrected chi connectivity index (χ0v) is 22.3. The minimum atomic E-state index is -0.306. The summed E-state index contributed by atoms with van der Waals surface area (Å²) in [5.74, 6) is 0.202. The third-order valence-electron chi connectivity index (χ3n) is 7.73. The zero-order chi connectivity index (χ0) is 27.6. The average molecular weight is 543 g/mol. The molecule has 0 unspecified atom stereocenters. The molecule has 2 aromatic carbocycles. The van der Waals surface area contributed by atoms with E-state index >= 15 is 0 Å². The summed E-state index contributed by atoms with van der Waals surface area (Å²) in [5.41, 5.74) is 2.99. The van der Waals surface area contributed by atoms with Crippen LogP contribution in [0.4, 0.5) is 16.0 Å². The highest BCUT2D eigenvalue weighted by molar-refractivity contribution is 5.99. The van der Waals surface area contributed by atoms with Crippen LogP contribution in [0, 0.1) is 11.7 Å². The van der Waals surface area contributed by atoms with Crippen molar-refractivity contribution in [2.24, 2.45) is 5.92 Å². The van der Waals surface area contributed by atoms with Crippen molar-refractivity contribution in [2.45, 2.75) is 19.4 Å². The normalized spacial score (nSPS) is 19.8. The van der Waals surface area contributed by atoms with Crippen LogP contribution in [-0.4, -0.2) is 87.1 Å². The van der Waals surface area contributed by atoms with Crippen molar-refractivity contribution < 1.29 is 14.0 Å². The fraction of sp³-hybridized carbons (Fsp3) is 0.345. The molecule has 2 aromatic heterocycles. The number of halogens is 1. The van der Waals surface area contributed by atoms with Crippen LogP contribution < -0.4 is 10.2 Å². The van der Waals surface area contributed by atoms with Gasteiger partial charge in [0.2, 0.25) is 17.8 Å². The van der Waals surface area contributed by atoms with Gasteiger partial charge in [-0.15, -0.1) is 0 Å².